The lowest BCUT2D eigenvalue weighted by molar-refractivity contribution is -0.131. The van der Waals surface area contributed by atoms with E-state index in [1.54, 1.807) is 6.07 Å². The standard InChI is InChI=1S/C20H28N2O4/c1-14(2)11-19(23)21-5-4-6-22(8-7-21)20(24)16-13-18-17(12-15(16)3)25-9-10-26-18/h12-14H,4-11H2,1-3H3. The van der Waals surface area contributed by atoms with Crippen LogP contribution in [-0.2, 0) is 4.79 Å². The van der Waals surface area contributed by atoms with Crippen LogP contribution in [0.25, 0.3) is 0 Å². The van der Waals surface area contributed by atoms with Crippen molar-refractivity contribution in [2.75, 3.05) is 39.4 Å². The molecule has 0 spiro atoms. The number of ether oxygens (including phenoxy) is 2. The molecule has 0 bridgehead atoms. The third-order valence-electron chi connectivity index (χ3n) is 4.84. The average Bonchev–Trinajstić information content (AvgIpc) is 2.86. The monoisotopic (exact) mass is 360 g/mol. The van der Waals surface area contributed by atoms with E-state index in [-0.39, 0.29) is 11.8 Å². The smallest absolute Gasteiger partial charge is 0.254 e. The molecular weight excluding hydrogens is 332 g/mol. The molecule has 2 aliphatic rings. The van der Waals surface area contributed by atoms with Crippen LogP contribution in [0.1, 0.15) is 42.6 Å². The first kappa shape index (κ1) is 18.5. The van der Waals surface area contributed by atoms with Crippen LogP contribution < -0.4 is 9.47 Å². The van der Waals surface area contributed by atoms with Gasteiger partial charge in [0.25, 0.3) is 5.91 Å². The van der Waals surface area contributed by atoms with Crippen molar-refractivity contribution in [2.24, 2.45) is 5.92 Å². The van der Waals surface area contributed by atoms with Gasteiger partial charge < -0.3 is 19.3 Å². The lowest BCUT2D eigenvalue weighted by Crippen LogP contribution is -2.37. The molecular formula is C20H28N2O4. The maximum atomic E-state index is 13.0. The Morgan fingerprint density at radius 2 is 1.62 bits per heavy atom. The van der Waals surface area contributed by atoms with Crippen molar-refractivity contribution in [3.05, 3.63) is 23.3 Å². The molecule has 0 aliphatic carbocycles. The average molecular weight is 360 g/mol. The second kappa shape index (κ2) is 7.98. The summed E-state index contributed by atoms with van der Waals surface area (Å²) >= 11 is 0. The van der Waals surface area contributed by atoms with Crippen LogP contribution in [0.5, 0.6) is 11.5 Å². The van der Waals surface area contributed by atoms with Gasteiger partial charge in [0.05, 0.1) is 0 Å². The molecule has 6 heteroatoms. The fraction of sp³-hybridized carbons (Fsp3) is 0.600. The molecule has 1 aromatic rings. The summed E-state index contributed by atoms with van der Waals surface area (Å²) in [6, 6.07) is 3.66. The van der Waals surface area contributed by atoms with Crippen molar-refractivity contribution in [2.45, 2.75) is 33.6 Å². The summed E-state index contributed by atoms with van der Waals surface area (Å²) < 4.78 is 11.2. The summed E-state index contributed by atoms with van der Waals surface area (Å²) in [7, 11) is 0. The van der Waals surface area contributed by atoms with Crippen LogP contribution in [-0.4, -0.2) is 61.0 Å². The number of nitrogens with zero attached hydrogens (tertiary/aromatic N) is 2. The van der Waals surface area contributed by atoms with Crippen molar-refractivity contribution in [1.29, 1.82) is 0 Å². The number of fused-ring (bicyclic) bond motifs is 1. The Bertz CT molecular complexity index is 687. The summed E-state index contributed by atoms with van der Waals surface area (Å²) in [6.07, 6.45) is 1.37. The first-order valence-electron chi connectivity index (χ1n) is 9.43. The third kappa shape index (κ3) is 4.11. The van der Waals surface area contributed by atoms with Crippen molar-refractivity contribution >= 4 is 11.8 Å². The van der Waals surface area contributed by atoms with Gasteiger partial charge in [0.1, 0.15) is 13.2 Å². The first-order chi connectivity index (χ1) is 12.5. The Labute approximate surface area is 155 Å². The molecule has 2 amide bonds. The third-order valence-corrected chi connectivity index (χ3v) is 4.84. The second-order valence-electron chi connectivity index (χ2n) is 7.44. The van der Waals surface area contributed by atoms with E-state index in [0.29, 0.717) is 62.2 Å². The van der Waals surface area contributed by atoms with Crippen LogP contribution in [0, 0.1) is 12.8 Å². The van der Waals surface area contributed by atoms with Gasteiger partial charge in [0.15, 0.2) is 11.5 Å². The van der Waals surface area contributed by atoms with E-state index in [9.17, 15) is 9.59 Å². The van der Waals surface area contributed by atoms with Gasteiger partial charge in [-0.15, -0.1) is 0 Å². The molecule has 0 atom stereocenters. The van der Waals surface area contributed by atoms with Gasteiger partial charge >= 0.3 is 0 Å². The Balaban J connectivity index is 1.70. The number of rotatable bonds is 3. The maximum Gasteiger partial charge on any atom is 0.254 e. The summed E-state index contributed by atoms with van der Waals surface area (Å²) in [5, 5.41) is 0. The molecule has 1 saturated heterocycles. The SMILES string of the molecule is Cc1cc2c(cc1C(=O)N1CCCN(C(=O)CC(C)C)CC1)OCCO2. The number of hydrogen-bond acceptors (Lipinski definition) is 4. The van der Waals surface area contributed by atoms with Crippen molar-refractivity contribution in [3.8, 4) is 11.5 Å². The van der Waals surface area contributed by atoms with Crippen LogP contribution in [0.2, 0.25) is 0 Å². The Hall–Kier alpha value is -2.24. The molecule has 142 valence electrons. The summed E-state index contributed by atoms with van der Waals surface area (Å²) in [5.41, 5.74) is 1.53. The molecule has 1 fully saturated rings. The predicted octanol–water partition coefficient (Wildman–Crippen LogP) is 2.49. The first-order valence-corrected chi connectivity index (χ1v) is 9.43. The summed E-state index contributed by atoms with van der Waals surface area (Å²) in [6.45, 7) is 9.60. The van der Waals surface area contributed by atoms with E-state index < -0.39 is 0 Å². The van der Waals surface area contributed by atoms with E-state index in [4.69, 9.17) is 9.47 Å². The zero-order chi connectivity index (χ0) is 18.7. The Morgan fingerprint density at radius 1 is 1.00 bits per heavy atom. The Morgan fingerprint density at radius 3 is 2.31 bits per heavy atom. The number of benzene rings is 1. The van der Waals surface area contributed by atoms with Gasteiger partial charge in [0, 0.05) is 38.2 Å². The van der Waals surface area contributed by atoms with Gasteiger partial charge in [-0.25, -0.2) is 0 Å². The molecule has 2 aliphatic heterocycles. The quantitative estimate of drug-likeness (QED) is 0.831. The Kier molecular flexibility index (Phi) is 5.69. The number of aryl methyl sites for hydroxylation is 1. The number of carbonyl (C=O) groups is 2. The van der Waals surface area contributed by atoms with Crippen LogP contribution in [0.15, 0.2) is 12.1 Å². The lowest BCUT2D eigenvalue weighted by atomic mass is 10.1. The largest absolute Gasteiger partial charge is 0.486 e. The van der Waals surface area contributed by atoms with Crippen molar-refractivity contribution < 1.29 is 19.1 Å². The van der Waals surface area contributed by atoms with Gasteiger partial charge in [-0.05, 0) is 37.0 Å². The molecule has 0 unspecified atom stereocenters. The van der Waals surface area contributed by atoms with Gasteiger partial charge in [-0.1, -0.05) is 13.8 Å². The molecule has 3 rings (SSSR count). The highest BCUT2D eigenvalue weighted by Gasteiger charge is 2.25. The van der Waals surface area contributed by atoms with Crippen molar-refractivity contribution in [3.63, 3.8) is 0 Å². The molecule has 6 nitrogen and oxygen atoms in total. The van der Waals surface area contributed by atoms with Gasteiger partial charge in [-0.2, -0.15) is 0 Å². The molecule has 0 radical (unpaired) electrons. The predicted molar refractivity (Wildman–Crippen MR) is 98.7 cm³/mol. The molecule has 2 heterocycles. The molecule has 26 heavy (non-hydrogen) atoms. The molecule has 0 N–H and O–H groups in total. The normalized spacial score (nSPS) is 17.2. The number of amides is 2. The highest BCUT2D eigenvalue weighted by Crippen LogP contribution is 2.33. The van der Waals surface area contributed by atoms with E-state index in [1.165, 1.54) is 0 Å². The molecule has 0 saturated carbocycles. The fourth-order valence-corrected chi connectivity index (χ4v) is 3.44. The minimum Gasteiger partial charge on any atom is -0.486 e. The zero-order valence-corrected chi connectivity index (χ0v) is 15.9. The minimum atomic E-state index is -0.00219. The summed E-state index contributed by atoms with van der Waals surface area (Å²) in [5.74, 6) is 1.87. The second-order valence-corrected chi connectivity index (χ2v) is 7.44. The molecule has 0 aromatic heterocycles. The highest BCUT2D eigenvalue weighted by atomic mass is 16.6. The van der Waals surface area contributed by atoms with E-state index in [2.05, 4.69) is 13.8 Å². The minimum absolute atomic E-state index is 0.00219. The van der Waals surface area contributed by atoms with E-state index >= 15 is 0 Å². The number of carbonyl (C=O) groups excluding carboxylic acids is 2. The van der Waals surface area contributed by atoms with Crippen molar-refractivity contribution in [1.82, 2.24) is 9.80 Å². The fourth-order valence-electron chi connectivity index (χ4n) is 3.44. The van der Waals surface area contributed by atoms with E-state index in [0.717, 1.165) is 18.5 Å². The molecule has 1 aromatic carbocycles. The van der Waals surface area contributed by atoms with Crippen LogP contribution in [0.4, 0.5) is 0 Å². The lowest BCUT2D eigenvalue weighted by Gasteiger charge is -2.25. The van der Waals surface area contributed by atoms with Crippen LogP contribution in [0.3, 0.4) is 0 Å². The topological polar surface area (TPSA) is 59.1 Å². The van der Waals surface area contributed by atoms with Crippen LogP contribution >= 0.6 is 0 Å². The summed E-state index contributed by atoms with van der Waals surface area (Å²) in [4.78, 5) is 29.1. The van der Waals surface area contributed by atoms with E-state index in [1.807, 2.05) is 22.8 Å². The zero-order valence-electron chi connectivity index (χ0n) is 15.9. The van der Waals surface area contributed by atoms with Gasteiger partial charge in [0.2, 0.25) is 5.91 Å². The number of hydrogen-bond donors (Lipinski definition) is 0. The highest BCUT2D eigenvalue weighted by molar-refractivity contribution is 5.96. The maximum absolute atomic E-state index is 13.0. The van der Waals surface area contributed by atoms with Gasteiger partial charge in [-0.3, -0.25) is 9.59 Å².